The molecule has 0 radical (unpaired) electrons. The van der Waals surface area contributed by atoms with Gasteiger partial charge in [0.15, 0.2) is 4.80 Å². The van der Waals surface area contributed by atoms with Crippen LogP contribution in [-0.2, 0) is 9.53 Å². The van der Waals surface area contributed by atoms with Crippen LogP contribution in [-0.4, -0.2) is 17.1 Å². The fraction of sp³-hybridized carbons (Fsp3) is 0.100. The lowest BCUT2D eigenvalue weighted by Gasteiger charge is -2.24. The van der Waals surface area contributed by atoms with Crippen LogP contribution in [0.3, 0.4) is 0 Å². The summed E-state index contributed by atoms with van der Waals surface area (Å²) in [5, 5.41) is 0.562. The molecule has 0 saturated heterocycles. The van der Waals surface area contributed by atoms with Gasteiger partial charge in [0.2, 0.25) is 0 Å². The topological polar surface area (TPSA) is 60.7 Å². The summed E-state index contributed by atoms with van der Waals surface area (Å²) < 4.78 is 7.45. The number of hydrogen-bond acceptors (Lipinski definition) is 5. The number of benzene rings is 3. The lowest BCUT2D eigenvalue weighted by Crippen LogP contribution is -2.39. The molecule has 2 heterocycles. The van der Waals surface area contributed by atoms with Crippen LogP contribution in [0.15, 0.2) is 113 Å². The Morgan fingerprint density at radius 1 is 1.05 bits per heavy atom. The van der Waals surface area contributed by atoms with E-state index in [0.717, 1.165) is 22.3 Å². The zero-order chi connectivity index (χ0) is 25.9. The van der Waals surface area contributed by atoms with Crippen molar-refractivity contribution in [1.82, 2.24) is 4.57 Å². The van der Waals surface area contributed by atoms with Gasteiger partial charge in [0, 0.05) is 5.02 Å². The molecule has 1 atom stereocenters. The van der Waals surface area contributed by atoms with Crippen LogP contribution >= 0.6 is 22.9 Å². The van der Waals surface area contributed by atoms with Gasteiger partial charge in [-0.25, -0.2) is 9.79 Å². The number of thiazole rings is 1. The highest BCUT2D eigenvalue weighted by Gasteiger charge is 2.33. The molecule has 5 rings (SSSR count). The lowest BCUT2D eigenvalue weighted by atomic mass is 9.96. The van der Waals surface area contributed by atoms with Crippen molar-refractivity contribution in [2.45, 2.75) is 13.0 Å². The molecule has 1 aliphatic rings. The maximum atomic E-state index is 13.7. The fourth-order valence-electron chi connectivity index (χ4n) is 4.31. The number of carbonyl (C=O) groups excluding carboxylic acids is 1. The Balaban J connectivity index is 1.61. The van der Waals surface area contributed by atoms with E-state index in [4.69, 9.17) is 16.3 Å². The number of rotatable bonds is 6. The van der Waals surface area contributed by atoms with E-state index >= 15 is 0 Å². The van der Waals surface area contributed by atoms with Gasteiger partial charge in [-0.15, -0.1) is 0 Å². The second-order valence-electron chi connectivity index (χ2n) is 8.51. The summed E-state index contributed by atoms with van der Waals surface area (Å²) in [5.41, 5.74) is 4.46. The van der Waals surface area contributed by atoms with Crippen molar-refractivity contribution in [3.05, 3.63) is 139 Å². The molecule has 37 heavy (non-hydrogen) atoms. The number of fused-ring (bicyclic) bond motifs is 1. The molecule has 0 N–H and O–H groups in total. The van der Waals surface area contributed by atoms with E-state index in [1.165, 1.54) is 17.4 Å². The number of halogens is 1. The first-order chi connectivity index (χ1) is 18.0. The Bertz CT molecular complexity index is 1680. The third kappa shape index (κ3) is 4.99. The van der Waals surface area contributed by atoms with Crippen LogP contribution in [0.25, 0.3) is 17.2 Å². The van der Waals surface area contributed by atoms with Crippen molar-refractivity contribution in [2.75, 3.05) is 6.61 Å². The Hall–Kier alpha value is -4.00. The van der Waals surface area contributed by atoms with Crippen molar-refractivity contribution < 1.29 is 9.53 Å². The molecule has 1 aliphatic heterocycles. The highest BCUT2D eigenvalue weighted by Crippen LogP contribution is 2.31. The number of ether oxygens (including phenoxy) is 1. The summed E-state index contributed by atoms with van der Waals surface area (Å²) in [5.74, 6) is -0.535. The van der Waals surface area contributed by atoms with E-state index in [9.17, 15) is 9.59 Å². The first-order valence-corrected chi connectivity index (χ1v) is 12.9. The number of nitrogens with zero attached hydrogens (tertiary/aromatic N) is 2. The average Bonchev–Trinajstić information content (AvgIpc) is 3.22. The Kier molecular flexibility index (Phi) is 7.04. The van der Waals surface area contributed by atoms with Gasteiger partial charge < -0.3 is 4.74 Å². The zero-order valence-electron chi connectivity index (χ0n) is 20.1. The molecule has 0 amide bonds. The highest BCUT2D eigenvalue weighted by atomic mass is 35.5. The van der Waals surface area contributed by atoms with Crippen LogP contribution in [0.4, 0.5) is 0 Å². The van der Waals surface area contributed by atoms with Crippen LogP contribution in [0.1, 0.15) is 24.1 Å². The smallest absolute Gasteiger partial charge is 0.338 e. The fourth-order valence-corrected chi connectivity index (χ4v) is 5.48. The van der Waals surface area contributed by atoms with Gasteiger partial charge in [0.25, 0.3) is 5.56 Å². The minimum atomic E-state index is -0.687. The van der Waals surface area contributed by atoms with Gasteiger partial charge in [-0.3, -0.25) is 9.36 Å². The van der Waals surface area contributed by atoms with Crippen molar-refractivity contribution in [3.63, 3.8) is 0 Å². The standard InChI is InChI=1S/C30H23ClN2O3S/c1-3-17-36-29(35)26-19(2)32-30-33(27(26)23-13-15-24(31)16-14-23)28(34)25(37-30)18-20-9-11-22(12-10-20)21-7-5-4-6-8-21/h3-16,18,27H,1,17H2,2H3. The molecule has 0 aliphatic carbocycles. The molecular weight excluding hydrogens is 504 g/mol. The summed E-state index contributed by atoms with van der Waals surface area (Å²) in [4.78, 5) is 31.9. The van der Waals surface area contributed by atoms with Gasteiger partial charge in [-0.2, -0.15) is 0 Å². The number of carbonyl (C=O) groups is 1. The SMILES string of the molecule is C=CCOC(=O)C1=C(C)N=c2sc(=Cc3ccc(-c4ccccc4)cc3)c(=O)n2C1c1ccc(Cl)cc1. The molecule has 7 heteroatoms. The van der Waals surface area contributed by atoms with Gasteiger partial charge in [-0.1, -0.05) is 102 Å². The molecule has 184 valence electrons. The molecule has 0 spiro atoms. The maximum Gasteiger partial charge on any atom is 0.338 e. The molecule has 3 aromatic carbocycles. The monoisotopic (exact) mass is 526 g/mol. The normalized spacial score (nSPS) is 15.2. The van der Waals surface area contributed by atoms with Crippen molar-refractivity contribution in [2.24, 2.45) is 4.99 Å². The molecule has 5 nitrogen and oxygen atoms in total. The lowest BCUT2D eigenvalue weighted by molar-refractivity contribution is -0.138. The summed E-state index contributed by atoms with van der Waals surface area (Å²) in [6.07, 6.45) is 3.36. The summed E-state index contributed by atoms with van der Waals surface area (Å²) in [7, 11) is 0. The van der Waals surface area contributed by atoms with E-state index in [0.29, 0.717) is 25.6 Å². The molecule has 1 unspecified atom stereocenters. The summed E-state index contributed by atoms with van der Waals surface area (Å²) >= 11 is 7.41. The van der Waals surface area contributed by atoms with E-state index in [-0.39, 0.29) is 12.2 Å². The van der Waals surface area contributed by atoms with Gasteiger partial charge in [0.05, 0.1) is 21.8 Å². The van der Waals surface area contributed by atoms with E-state index < -0.39 is 12.0 Å². The Morgan fingerprint density at radius 3 is 2.41 bits per heavy atom. The average molecular weight is 527 g/mol. The van der Waals surface area contributed by atoms with Crippen molar-refractivity contribution in [1.29, 1.82) is 0 Å². The first-order valence-electron chi connectivity index (χ1n) is 11.7. The molecule has 0 fully saturated rings. The van der Waals surface area contributed by atoms with Gasteiger partial charge in [-0.05, 0) is 47.4 Å². The second kappa shape index (κ2) is 10.5. The predicted octanol–water partition coefficient (Wildman–Crippen LogP) is 5.28. The Morgan fingerprint density at radius 2 is 1.73 bits per heavy atom. The van der Waals surface area contributed by atoms with Gasteiger partial charge >= 0.3 is 5.97 Å². The largest absolute Gasteiger partial charge is 0.458 e. The van der Waals surface area contributed by atoms with Crippen LogP contribution in [0.2, 0.25) is 5.02 Å². The quantitative estimate of drug-likeness (QED) is 0.253. The number of hydrogen-bond donors (Lipinski definition) is 0. The predicted molar refractivity (Wildman–Crippen MR) is 148 cm³/mol. The summed E-state index contributed by atoms with van der Waals surface area (Å²) in [6.45, 7) is 5.43. The third-order valence-corrected chi connectivity index (χ3v) is 7.31. The second-order valence-corrected chi connectivity index (χ2v) is 9.95. The van der Waals surface area contributed by atoms with Gasteiger partial charge in [0.1, 0.15) is 6.61 Å². The highest BCUT2D eigenvalue weighted by molar-refractivity contribution is 7.07. The number of esters is 1. The molecule has 0 bridgehead atoms. The van der Waals surface area contributed by atoms with Crippen molar-refractivity contribution >= 4 is 35.0 Å². The first kappa shape index (κ1) is 24.7. The summed E-state index contributed by atoms with van der Waals surface area (Å²) in [6, 6.07) is 24.6. The molecule has 4 aromatic rings. The molecule has 1 aromatic heterocycles. The van der Waals surface area contributed by atoms with E-state index in [1.54, 1.807) is 23.6 Å². The van der Waals surface area contributed by atoms with Crippen LogP contribution in [0, 0.1) is 0 Å². The van der Waals surface area contributed by atoms with E-state index in [2.05, 4.69) is 23.7 Å². The Labute approximate surface area is 223 Å². The van der Waals surface area contributed by atoms with E-state index in [1.807, 2.05) is 60.7 Å². The minimum absolute atomic E-state index is 0.0619. The van der Waals surface area contributed by atoms with Crippen molar-refractivity contribution in [3.8, 4) is 11.1 Å². The zero-order valence-corrected chi connectivity index (χ0v) is 21.6. The molecular formula is C30H23ClN2O3S. The third-order valence-electron chi connectivity index (χ3n) is 6.08. The number of allylic oxidation sites excluding steroid dienone is 1. The minimum Gasteiger partial charge on any atom is -0.458 e. The van der Waals surface area contributed by atoms with Crippen LogP contribution < -0.4 is 14.9 Å². The van der Waals surface area contributed by atoms with Crippen LogP contribution in [0.5, 0.6) is 0 Å². The maximum absolute atomic E-state index is 13.7. The molecule has 0 saturated carbocycles. The number of aromatic nitrogens is 1.